The Balaban J connectivity index is 1.66. The largest absolute Gasteiger partial charge is 0.308 e. The number of anilines is 2. The fourth-order valence-electron chi connectivity index (χ4n) is 3.19. The average molecular weight is 341 g/mol. The Morgan fingerprint density at radius 1 is 1.12 bits per heavy atom. The quantitative estimate of drug-likeness (QED) is 0.424. The zero-order valence-corrected chi connectivity index (χ0v) is 13.9. The van der Waals surface area contributed by atoms with E-state index in [4.69, 9.17) is 11.7 Å². The van der Waals surface area contributed by atoms with E-state index in [1.165, 1.54) is 16.0 Å². The lowest BCUT2D eigenvalue weighted by atomic mass is 10.0. The van der Waals surface area contributed by atoms with Crippen molar-refractivity contribution in [3.63, 3.8) is 0 Å². The number of thiophene rings is 1. The summed E-state index contributed by atoms with van der Waals surface area (Å²) < 4.78 is 0. The lowest BCUT2D eigenvalue weighted by molar-refractivity contribution is 0.249. The number of nitrogens with two attached hydrogens (primary N) is 2. The molecule has 0 atom stereocenters. The Kier molecular flexibility index (Phi) is 4.03. The highest BCUT2D eigenvalue weighted by Gasteiger charge is 2.24. The Hall–Kier alpha value is -2.26. The van der Waals surface area contributed by atoms with Gasteiger partial charge in [-0.25, -0.2) is 16.7 Å². The number of hydrogen-bond acceptors (Lipinski definition) is 8. The SMILES string of the molecule is NNc1nc(NN)c2c3c(sc2n1)CN(Cc1ccccc1)CC3. The molecule has 6 N–H and O–H groups in total. The molecule has 1 aliphatic heterocycles. The molecule has 24 heavy (non-hydrogen) atoms. The van der Waals surface area contributed by atoms with Crippen LogP contribution in [0.15, 0.2) is 30.3 Å². The van der Waals surface area contributed by atoms with E-state index in [1.807, 2.05) is 6.07 Å². The number of benzene rings is 1. The van der Waals surface area contributed by atoms with Crippen LogP contribution in [0.1, 0.15) is 16.0 Å². The van der Waals surface area contributed by atoms with Gasteiger partial charge in [0.25, 0.3) is 0 Å². The average Bonchev–Trinajstić information content (AvgIpc) is 2.99. The summed E-state index contributed by atoms with van der Waals surface area (Å²) in [6.07, 6.45) is 0.968. The van der Waals surface area contributed by atoms with E-state index in [0.29, 0.717) is 11.8 Å². The summed E-state index contributed by atoms with van der Waals surface area (Å²) in [5.74, 6) is 12.1. The molecule has 3 heterocycles. The van der Waals surface area contributed by atoms with Crippen molar-refractivity contribution in [1.29, 1.82) is 0 Å². The van der Waals surface area contributed by atoms with Gasteiger partial charge in [-0.1, -0.05) is 30.3 Å². The lowest BCUT2D eigenvalue weighted by Gasteiger charge is -2.26. The molecule has 0 aliphatic carbocycles. The molecule has 0 radical (unpaired) electrons. The summed E-state index contributed by atoms with van der Waals surface area (Å²) in [5, 5.41) is 1.02. The fraction of sp³-hybridized carbons (Fsp3) is 0.250. The van der Waals surface area contributed by atoms with Crippen molar-refractivity contribution in [1.82, 2.24) is 14.9 Å². The Morgan fingerprint density at radius 2 is 1.96 bits per heavy atom. The molecule has 1 aromatic carbocycles. The first kappa shape index (κ1) is 15.3. The van der Waals surface area contributed by atoms with E-state index < -0.39 is 0 Å². The second kappa shape index (κ2) is 6.33. The third-order valence-corrected chi connectivity index (χ3v) is 5.40. The van der Waals surface area contributed by atoms with E-state index in [-0.39, 0.29) is 0 Å². The van der Waals surface area contributed by atoms with Gasteiger partial charge in [0.15, 0.2) is 5.82 Å². The molecule has 4 rings (SSSR count). The lowest BCUT2D eigenvalue weighted by Crippen LogP contribution is -2.29. The van der Waals surface area contributed by atoms with Gasteiger partial charge in [0.1, 0.15) is 4.83 Å². The second-order valence-corrected chi connectivity index (χ2v) is 6.90. The summed E-state index contributed by atoms with van der Waals surface area (Å²) in [6, 6.07) is 10.6. The first-order chi connectivity index (χ1) is 11.8. The van der Waals surface area contributed by atoms with E-state index in [9.17, 15) is 0 Å². The summed E-state index contributed by atoms with van der Waals surface area (Å²) >= 11 is 1.69. The highest BCUT2D eigenvalue weighted by atomic mass is 32.1. The maximum atomic E-state index is 5.65. The molecule has 0 unspecified atom stereocenters. The molecule has 0 saturated heterocycles. The Morgan fingerprint density at radius 3 is 2.71 bits per heavy atom. The van der Waals surface area contributed by atoms with E-state index >= 15 is 0 Å². The van der Waals surface area contributed by atoms with Gasteiger partial charge in [-0.05, 0) is 17.5 Å². The Bertz CT molecular complexity index is 862. The smallest absolute Gasteiger partial charge is 0.240 e. The molecule has 3 aromatic rings. The zero-order valence-electron chi connectivity index (χ0n) is 13.1. The molecular formula is C16H19N7S. The fourth-order valence-corrected chi connectivity index (χ4v) is 4.46. The van der Waals surface area contributed by atoms with Crippen LogP contribution >= 0.6 is 11.3 Å². The predicted octanol–water partition coefficient (Wildman–Crippen LogP) is 1.82. The number of hydrazine groups is 2. The van der Waals surface area contributed by atoms with Crippen molar-refractivity contribution in [3.05, 3.63) is 46.3 Å². The van der Waals surface area contributed by atoms with Crippen LogP contribution in [0.25, 0.3) is 10.2 Å². The van der Waals surface area contributed by atoms with Crippen molar-refractivity contribution < 1.29 is 0 Å². The molecule has 0 amide bonds. The summed E-state index contributed by atoms with van der Waals surface area (Å²) in [6.45, 7) is 2.88. The number of aromatic nitrogens is 2. The van der Waals surface area contributed by atoms with Crippen LogP contribution in [0.3, 0.4) is 0 Å². The number of nitrogen functional groups attached to an aromatic ring is 2. The predicted molar refractivity (Wildman–Crippen MR) is 97.3 cm³/mol. The first-order valence-electron chi connectivity index (χ1n) is 7.80. The topological polar surface area (TPSA) is 105 Å². The molecule has 8 heteroatoms. The molecule has 7 nitrogen and oxygen atoms in total. The summed E-state index contributed by atoms with van der Waals surface area (Å²) in [5.41, 5.74) is 7.81. The number of nitrogens with one attached hydrogen (secondary N) is 2. The van der Waals surface area contributed by atoms with Crippen molar-refractivity contribution in [2.75, 3.05) is 17.4 Å². The van der Waals surface area contributed by atoms with Gasteiger partial charge >= 0.3 is 0 Å². The van der Waals surface area contributed by atoms with E-state index in [1.54, 1.807) is 11.3 Å². The van der Waals surface area contributed by atoms with Crippen LogP contribution in [0.2, 0.25) is 0 Å². The van der Waals surface area contributed by atoms with Crippen molar-refractivity contribution >= 4 is 33.3 Å². The van der Waals surface area contributed by atoms with Crippen LogP contribution in [-0.4, -0.2) is 21.4 Å². The van der Waals surface area contributed by atoms with E-state index in [0.717, 1.165) is 36.3 Å². The molecule has 0 fully saturated rings. The van der Waals surface area contributed by atoms with Crippen LogP contribution in [0.5, 0.6) is 0 Å². The van der Waals surface area contributed by atoms with Gasteiger partial charge in [0, 0.05) is 24.5 Å². The van der Waals surface area contributed by atoms with Crippen molar-refractivity contribution in [3.8, 4) is 0 Å². The number of rotatable bonds is 4. The van der Waals surface area contributed by atoms with Gasteiger partial charge in [0.05, 0.1) is 5.39 Å². The normalized spacial score (nSPS) is 14.6. The minimum absolute atomic E-state index is 0.371. The minimum Gasteiger partial charge on any atom is -0.308 e. The highest BCUT2D eigenvalue weighted by Crippen LogP contribution is 2.38. The van der Waals surface area contributed by atoms with Crippen LogP contribution < -0.4 is 22.5 Å². The minimum atomic E-state index is 0.371. The van der Waals surface area contributed by atoms with Crippen molar-refractivity contribution in [2.24, 2.45) is 11.7 Å². The molecule has 0 bridgehead atoms. The molecule has 124 valence electrons. The van der Waals surface area contributed by atoms with Crippen LogP contribution in [-0.2, 0) is 19.5 Å². The van der Waals surface area contributed by atoms with Crippen molar-refractivity contribution in [2.45, 2.75) is 19.5 Å². The monoisotopic (exact) mass is 341 g/mol. The molecule has 0 spiro atoms. The highest BCUT2D eigenvalue weighted by molar-refractivity contribution is 7.19. The first-order valence-corrected chi connectivity index (χ1v) is 8.62. The third kappa shape index (κ3) is 2.69. The van der Waals surface area contributed by atoms with Crippen LogP contribution in [0.4, 0.5) is 11.8 Å². The maximum Gasteiger partial charge on any atom is 0.240 e. The third-order valence-electron chi connectivity index (χ3n) is 4.29. The second-order valence-electron chi connectivity index (χ2n) is 5.81. The van der Waals surface area contributed by atoms with Gasteiger partial charge in [-0.15, -0.1) is 11.3 Å². The van der Waals surface area contributed by atoms with E-state index in [2.05, 4.69) is 50.0 Å². The molecular weight excluding hydrogens is 322 g/mol. The van der Waals surface area contributed by atoms with Gasteiger partial charge in [-0.2, -0.15) is 4.98 Å². The standard InChI is InChI=1S/C16H19N7S/c17-21-14-13-11-6-7-23(8-10-4-2-1-3-5-10)9-12(11)24-15(13)20-16(19-14)22-18/h1-5H,6-9,17-18H2,(H2,19,20,21,22). The maximum absolute atomic E-state index is 5.65. The van der Waals surface area contributed by atoms with Gasteiger partial charge < -0.3 is 5.43 Å². The zero-order chi connectivity index (χ0) is 16.5. The number of fused-ring (bicyclic) bond motifs is 3. The van der Waals surface area contributed by atoms with Gasteiger partial charge in [0.2, 0.25) is 5.95 Å². The van der Waals surface area contributed by atoms with Gasteiger partial charge in [-0.3, -0.25) is 10.3 Å². The number of nitrogens with zero attached hydrogens (tertiary/aromatic N) is 3. The summed E-state index contributed by atoms with van der Waals surface area (Å²) in [7, 11) is 0. The summed E-state index contributed by atoms with van der Waals surface area (Å²) in [4.78, 5) is 13.5. The molecule has 0 saturated carbocycles. The number of hydrogen-bond donors (Lipinski definition) is 4. The molecule has 2 aromatic heterocycles. The molecule has 1 aliphatic rings. The Labute approximate surface area is 143 Å². The van der Waals surface area contributed by atoms with Crippen LogP contribution in [0, 0.1) is 0 Å².